The maximum Gasteiger partial charge on any atom is 0.339 e. The van der Waals surface area contributed by atoms with Gasteiger partial charge in [0.1, 0.15) is 24.2 Å². The lowest BCUT2D eigenvalue weighted by molar-refractivity contribution is -0.130. The third kappa shape index (κ3) is 4.00. The Morgan fingerprint density at radius 2 is 1.63 bits per heavy atom. The molecule has 30 heavy (non-hydrogen) atoms. The van der Waals surface area contributed by atoms with Gasteiger partial charge in [0, 0.05) is 17.6 Å². The van der Waals surface area contributed by atoms with Gasteiger partial charge < -0.3 is 14.6 Å². The lowest BCUT2D eigenvalue weighted by Gasteiger charge is -2.16. The summed E-state index contributed by atoms with van der Waals surface area (Å²) < 4.78 is 11.3. The first kappa shape index (κ1) is 19.9. The maximum absolute atomic E-state index is 12.8. The molecule has 3 aromatic carbocycles. The average Bonchev–Trinajstić information content (AvgIpc) is 3.17. The number of benzene rings is 3. The van der Waals surface area contributed by atoms with Crippen molar-refractivity contribution in [2.24, 2.45) is 0 Å². The second-order valence-electron chi connectivity index (χ2n) is 7.45. The van der Waals surface area contributed by atoms with Gasteiger partial charge in [-0.15, -0.1) is 0 Å². The number of carbonyl (C=O) groups excluding carboxylic acids is 1. The minimum Gasteiger partial charge on any atom is -0.491 e. The molecular formula is C26H24O4. The number of fused-ring (bicyclic) bond motifs is 3. The molecule has 0 saturated carbocycles. The molecule has 3 aromatic rings. The smallest absolute Gasteiger partial charge is 0.339 e. The molecule has 1 aliphatic rings. The molecule has 1 unspecified atom stereocenters. The zero-order valence-electron chi connectivity index (χ0n) is 17.1. The molecule has 0 spiro atoms. The number of aliphatic hydroxyl groups is 1. The Kier molecular flexibility index (Phi) is 5.68. The van der Waals surface area contributed by atoms with Gasteiger partial charge >= 0.3 is 5.97 Å². The summed E-state index contributed by atoms with van der Waals surface area (Å²) in [7, 11) is 0. The van der Waals surface area contributed by atoms with Crippen LogP contribution < -0.4 is 9.47 Å². The van der Waals surface area contributed by atoms with Gasteiger partial charge in [-0.3, -0.25) is 0 Å². The lowest BCUT2D eigenvalue weighted by atomic mass is 10.1. The minimum atomic E-state index is -0.900. The van der Waals surface area contributed by atoms with Gasteiger partial charge in [0.15, 0.2) is 0 Å². The van der Waals surface area contributed by atoms with E-state index in [2.05, 4.69) is 18.2 Å². The standard InChI is InChI=1S/C26H24O4/c1-17(24(27)16-29-20-10-4-3-5-11-20)18(2)26(28)30-25-14-8-13-22-21-12-7-6-9-19(21)15-23(22)25/h3-14,24,27H,15-16H2,1-2H3. The van der Waals surface area contributed by atoms with E-state index in [0.29, 0.717) is 22.6 Å². The summed E-state index contributed by atoms with van der Waals surface area (Å²) in [6.07, 6.45) is -0.159. The number of ether oxygens (including phenoxy) is 2. The Hall–Kier alpha value is -3.37. The van der Waals surface area contributed by atoms with E-state index in [1.165, 1.54) is 11.1 Å². The Bertz CT molecular complexity index is 1100. The number of para-hydroxylation sites is 1. The van der Waals surface area contributed by atoms with Crippen molar-refractivity contribution in [2.75, 3.05) is 6.61 Å². The van der Waals surface area contributed by atoms with Crippen LogP contribution in [-0.2, 0) is 11.2 Å². The van der Waals surface area contributed by atoms with Crippen molar-refractivity contribution < 1.29 is 19.4 Å². The molecular weight excluding hydrogens is 376 g/mol. The van der Waals surface area contributed by atoms with E-state index in [-0.39, 0.29) is 6.61 Å². The second kappa shape index (κ2) is 8.56. The zero-order valence-corrected chi connectivity index (χ0v) is 17.1. The summed E-state index contributed by atoms with van der Waals surface area (Å²) in [4.78, 5) is 12.8. The molecule has 0 amide bonds. The number of carbonyl (C=O) groups is 1. The third-order valence-corrected chi connectivity index (χ3v) is 5.56. The summed E-state index contributed by atoms with van der Waals surface area (Å²) in [5.74, 6) is 0.774. The van der Waals surface area contributed by atoms with Crippen molar-refractivity contribution in [3.63, 3.8) is 0 Å². The lowest BCUT2D eigenvalue weighted by Crippen LogP contribution is -2.22. The van der Waals surface area contributed by atoms with Gasteiger partial charge in [0.05, 0.1) is 0 Å². The topological polar surface area (TPSA) is 55.8 Å². The van der Waals surface area contributed by atoms with Crippen LogP contribution in [0, 0.1) is 0 Å². The predicted octanol–water partition coefficient (Wildman–Crippen LogP) is 4.94. The monoisotopic (exact) mass is 400 g/mol. The average molecular weight is 400 g/mol. The Labute approximate surface area is 176 Å². The van der Waals surface area contributed by atoms with E-state index in [1.807, 2.05) is 54.6 Å². The van der Waals surface area contributed by atoms with E-state index in [1.54, 1.807) is 13.8 Å². The van der Waals surface area contributed by atoms with Gasteiger partial charge in [-0.25, -0.2) is 4.79 Å². The van der Waals surface area contributed by atoms with Crippen molar-refractivity contribution in [3.05, 3.63) is 95.1 Å². The molecule has 0 radical (unpaired) electrons. The number of hydrogen-bond acceptors (Lipinski definition) is 4. The van der Waals surface area contributed by atoms with Crippen LogP contribution in [0.4, 0.5) is 0 Å². The number of aliphatic hydroxyl groups excluding tert-OH is 1. The number of esters is 1. The molecule has 0 heterocycles. The van der Waals surface area contributed by atoms with Crippen LogP contribution in [0.1, 0.15) is 25.0 Å². The molecule has 4 rings (SSSR count). The summed E-state index contributed by atoms with van der Waals surface area (Å²) >= 11 is 0. The van der Waals surface area contributed by atoms with Crippen LogP contribution in [0.2, 0.25) is 0 Å². The molecule has 0 saturated heterocycles. The Morgan fingerprint density at radius 3 is 2.43 bits per heavy atom. The SMILES string of the molecule is CC(C(=O)Oc1cccc2c1Cc1ccccc1-2)=C(C)C(O)COc1ccccc1. The van der Waals surface area contributed by atoms with Gasteiger partial charge in [-0.05, 0) is 54.3 Å². The van der Waals surface area contributed by atoms with Crippen molar-refractivity contribution in [3.8, 4) is 22.6 Å². The molecule has 1 atom stereocenters. The fourth-order valence-electron chi connectivity index (χ4n) is 3.63. The molecule has 4 heteroatoms. The molecule has 4 nitrogen and oxygen atoms in total. The number of hydrogen-bond donors (Lipinski definition) is 1. The molecule has 0 fully saturated rings. The minimum absolute atomic E-state index is 0.0660. The van der Waals surface area contributed by atoms with Crippen LogP contribution >= 0.6 is 0 Å². The van der Waals surface area contributed by atoms with Crippen LogP contribution in [-0.4, -0.2) is 23.8 Å². The first-order chi connectivity index (χ1) is 14.5. The summed E-state index contributed by atoms with van der Waals surface area (Å²) in [5.41, 5.74) is 5.45. The van der Waals surface area contributed by atoms with E-state index in [4.69, 9.17) is 9.47 Å². The van der Waals surface area contributed by atoms with E-state index < -0.39 is 12.1 Å². The summed E-state index contributed by atoms with van der Waals surface area (Å²) in [6.45, 7) is 3.46. The molecule has 1 aliphatic carbocycles. The fraction of sp³-hybridized carbons (Fsp3) is 0.192. The predicted molar refractivity (Wildman–Crippen MR) is 117 cm³/mol. The number of rotatable bonds is 6. The van der Waals surface area contributed by atoms with Crippen LogP contribution in [0.15, 0.2) is 83.9 Å². The van der Waals surface area contributed by atoms with Gasteiger partial charge in [-0.2, -0.15) is 0 Å². The van der Waals surface area contributed by atoms with E-state index in [0.717, 1.165) is 17.5 Å². The maximum atomic E-state index is 12.8. The highest BCUT2D eigenvalue weighted by atomic mass is 16.5. The van der Waals surface area contributed by atoms with E-state index in [9.17, 15) is 9.90 Å². The quantitative estimate of drug-likeness (QED) is 0.283. The third-order valence-electron chi connectivity index (χ3n) is 5.56. The highest BCUT2D eigenvalue weighted by Crippen LogP contribution is 2.41. The molecule has 0 bridgehead atoms. The fourth-order valence-corrected chi connectivity index (χ4v) is 3.63. The zero-order chi connectivity index (χ0) is 21.1. The first-order valence-electron chi connectivity index (χ1n) is 10.00. The van der Waals surface area contributed by atoms with Crippen molar-refractivity contribution in [2.45, 2.75) is 26.4 Å². The van der Waals surface area contributed by atoms with Crippen LogP contribution in [0.25, 0.3) is 11.1 Å². The van der Waals surface area contributed by atoms with Crippen LogP contribution in [0.3, 0.4) is 0 Å². The van der Waals surface area contributed by atoms with E-state index >= 15 is 0 Å². The Morgan fingerprint density at radius 1 is 0.933 bits per heavy atom. The molecule has 1 N–H and O–H groups in total. The summed E-state index contributed by atoms with van der Waals surface area (Å²) in [6, 6.07) is 23.3. The Balaban J connectivity index is 1.47. The van der Waals surface area contributed by atoms with Gasteiger partial charge in [0.2, 0.25) is 0 Å². The summed E-state index contributed by atoms with van der Waals surface area (Å²) in [5, 5.41) is 10.4. The molecule has 0 aromatic heterocycles. The van der Waals surface area contributed by atoms with Crippen LogP contribution in [0.5, 0.6) is 11.5 Å². The largest absolute Gasteiger partial charge is 0.491 e. The second-order valence-corrected chi connectivity index (χ2v) is 7.45. The molecule has 0 aliphatic heterocycles. The molecule has 152 valence electrons. The highest BCUT2D eigenvalue weighted by Gasteiger charge is 2.23. The normalized spacial score (nSPS) is 13.7. The van der Waals surface area contributed by atoms with Gasteiger partial charge in [-0.1, -0.05) is 54.6 Å². The van der Waals surface area contributed by atoms with Crippen molar-refractivity contribution >= 4 is 5.97 Å². The van der Waals surface area contributed by atoms with Crippen molar-refractivity contribution in [1.29, 1.82) is 0 Å². The van der Waals surface area contributed by atoms with Crippen molar-refractivity contribution in [1.82, 2.24) is 0 Å². The highest BCUT2D eigenvalue weighted by molar-refractivity contribution is 5.91. The van der Waals surface area contributed by atoms with Gasteiger partial charge in [0.25, 0.3) is 0 Å². The first-order valence-corrected chi connectivity index (χ1v) is 10.00.